The van der Waals surface area contributed by atoms with Gasteiger partial charge in [-0.25, -0.2) is 18.1 Å². The van der Waals surface area contributed by atoms with Crippen LogP contribution in [0.5, 0.6) is 5.75 Å². The lowest BCUT2D eigenvalue weighted by atomic mass is 10.2. The molecule has 3 aromatic rings. The maximum atomic E-state index is 12.6. The standard InChI is InChI=1S/C21H21N3O5S2/c1-13-4-8-17(9-5-13)29-12-19-22-14(2)20(30-19)21(26)23-16-6-10-18(11-7-16)31(27,28)24-15(3)25/h4-11H,12H2,1-3H3,(H,23,26)(H,24,25). The number of carbonyl (C=O) groups excluding carboxylic acids is 2. The molecule has 0 aliphatic heterocycles. The van der Waals surface area contributed by atoms with Gasteiger partial charge in [-0.05, 0) is 50.2 Å². The molecule has 0 saturated heterocycles. The van der Waals surface area contributed by atoms with Gasteiger partial charge in [0.15, 0.2) is 0 Å². The monoisotopic (exact) mass is 459 g/mol. The predicted molar refractivity (Wildman–Crippen MR) is 118 cm³/mol. The number of thiazole rings is 1. The highest BCUT2D eigenvalue weighted by molar-refractivity contribution is 7.90. The zero-order chi connectivity index (χ0) is 22.6. The van der Waals surface area contributed by atoms with Crippen molar-refractivity contribution < 1.29 is 22.7 Å². The Morgan fingerprint density at radius 1 is 1.03 bits per heavy atom. The van der Waals surface area contributed by atoms with Crippen LogP contribution in [0.1, 0.15) is 32.9 Å². The average Bonchev–Trinajstić information content (AvgIpc) is 3.08. The molecule has 2 aromatic carbocycles. The van der Waals surface area contributed by atoms with Crippen LogP contribution >= 0.6 is 11.3 Å². The minimum absolute atomic E-state index is 0.0785. The Morgan fingerprint density at radius 3 is 2.29 bits per heavy atom. The highest BCUT2D eigenvalue weighted by Crippen LogP contribution is 2.22. The first kappa shape index (κ1) is 22.4. The molecule has 0 aliphatic carbocycles. The average molecular weight is 460 g/mol. The Bertz CT molecular complexity index is 1200. The summed E-state index contributed by atoms with van der Waals surface area (Å²) in [6.45, 7) is 5.10. The van der Waals surface area contributed by atoms with Gasteiger partial charge in [-0.2, -0.15) is 0 Å². The highest BCUT2D eigenvalue weighted by Gasteiger charge is 2.18. The van der Waals surface area contributed by atoms with Gasteiger partial charge in [0, 0.05) is 12.6 Å². The zero-order valence-electron chi connectivity index (χ0n) is 17.1. The van der Waals surface area contributed by atoms with E-state index in [4.69, 9.17) is 4.74 Å². The van der Waals surface area contributed by atoms with Gasteiger partial charge in [-0.1, -0.05) is 17.7 Å². The molecule has 3 rings (SSSR count). The summed E-state index contributed by atoms with van der Waals surface area (Å²) >= 11 is 1.23. The first-order valence-electron chi connectivity index (χ1n) is 9.24. The minimum atomic E-state index is -3.93. The van der Waals surface area contributed by atoms with Gasteiger partial charge in [-0.3, -0.25) is 9.59 Å². The number of aryl methyl sites for hydroxylation is 2. The van der Waals surface area contributed by atoms with Crippen LogP contribution in [0.25, 0.3) is 0 Å². The molecule has 0 saturated carbocycles. The first-order chi connectivity index (χ1) is 14.6. The third kappa shape index (κ3) is 5.89. The number of nitrogens with one attached hydrogen (secondary N) is 2. The number of benzene rings is 2. The summed E-state index contributed by atoms with van der Waals surface area (Å²) < 4.78 is 31.6. The summed E-state index contributed by atoms with van der Waals surface area (Å²) in [7, 11) is -3.93. The Kier molecular flexibility index (Phi) is 6.71. The number of nitrogens with zero attached hydrogens (tertiary/aromatic N) is 1. The third-order valence-corrected chi connectivity index (χ3v) is 6.71. The molecule has 0 atom stereocenters. The number of hydrogen-bond donors (Lipinski definition) is 2. The highest BCUT2D eigenvalue weighted by atomic mass is 32.2. The van der Waals surface area contributed by atoms with E-state index in [0.29, 0.717) is 21.3 Å². The fourth-order valence-corrected chi connectivity index (χ4v) is 4.52. The molecule has 0 aliphatic rings. The number of aromatic nitrogens is 1. The molecular formula is C21H21N3O5S2. The second kappa shape index (κ2) is 9.27. The number of amides is 2. The van der Waals surface area contributed by atoms with E-state index >= 15 is 0 Å². The van der Waals surface area contributed by atoms with E-state index in [9.17, 15) is 18.0 Å². The van der Waals surface area contributed by atoms with Gasteiger partial charge < -0.3 is 10.1 Å². The summed E-state index contributed by atoms with van der Waals surface area (Å²) in [4.78, 5) is 28.4. The van der Waals surface area contributed by atoms with Crippen molar-refractivity contribution in [1.29, 1.82) is 0 Å². The number of hydrogen-bond acceptors (Lipinski definition) is 7. The van der Waals surface area contributed by atoms with E-state index in [-0.39, 0.29) is 17.4 Å². The smallest absolute Gasteiger partial charge is 0.267 e. The van der Waals surface area contributed by atoms with E-state index < -0.39 is 15.9 Å². The van der Waals surface area contributed by atoms with E-state index in [2.05, 4.69) is 10.3 Å². The molecule has 31 heavy (non-hydrogen) atoms. The van der Waals surface area contributed by atoms with Gasteiger partial charge in [0.1, 0.15) is 22.2 Å². The van der Waals surface area contributed by atoms with Crippen molar-refractivity contribution >= 4 is 38.9 Å². The van der Waals surface area contributed by atoms with E-state index in [1.807, 2.05) is 35.9 Å². The molecule has 0 unspecified atom stereocenters. The lowest BCUT2D eigenvalue weighted by molar-refractivity contribution is -0.117. The van der Waals surface area contributed by atoms with Gasteiger partial charge >= 0.3 is 0 Å². The van der Waals surface area contributed by atoms with Crippen LogP contribution in [-0.4, -0.2) is 25.2 Å². The van der Waals surface area contributed by atoms with Gasteiger partial charge in [0.25, 0.3) is 15.9 Å². The Hall–Kier alpha value is -3.24. The molecule has 1 aromatic heterocycles. The fraction of sp³-hybridized carbons (Fsp3) is 0.190. The van der Waals surface area contributed by atoms with Crippen molar-refractivity contribution in [2.24, 2.45) is 0 Å². The summed E-state index contributed by atoms with van der Waals surface area (Å²) in [5.41, 5.74) is 2.13. The minimum Gasteiger partial charge on any atom is -0.486 e. The number of sulfonamides is 1. The van der Waals surface area contributed by atoms with Crippen molar-refractivity contribution in [1.82, 2.24) is 9.71 Å². The Labute approximate surface area is 184 Å². The molecule has 1 heterocycles. The van der Waals surface area contributed by atoms with Crippen LogP contribution in [-0.2, 0) is 21.4 Å². The molecule has 2 N–H and O–H groups in total. The molecule has 0 fully saturated rings. The summed E-state index contributed by atoms with van der Waals surface area (Å²) in [6.07, 6.45) is 0. The first-order valence-corrected chi connectivity index (χ1v) is 11.5. The van der Waals surface area contributed by atoms with Crippen LogP contribution in [0.3, 0.4) is 0 Å². The number of carbonyl (C=O) groups is 2. The SMILES string of the molecule is CC(=O)NS(=O)(=O)c1ccc(NC(=O)c2sc(COc3ccc(C)cc3)nc2C)cc1. The molecule has 0 radical (unpaired) electrons. The van der Waals surface area contributed by atoms with Crippen molar-refractivity contribution in [2.45, 2.75) is 32.3 Å². The quantitative estimate of drug-likeness (QED) is 0.560. The van der Waals surface area contributed by atoms with Crippen molar-refractivity contribution in [3.05, 3.63) is 69.7 Å². The van der Waals surface area contributed by atoms with Crippen LogP contribution in [0.15, 0.2) is 53.4 Å². The van der Waals surface area contributed by atoms with Gasteiger partial charge in [0.2, 0.25) is 5.91 Å². The van der Waals surface area contributed by atoms with E-state index in [1.165, 1.54) is 35.6 Å². The maximum absolute atomic E-state index is 12.6. The third-order valence-electron chi connectivity index (χ3n) is 4.13. The number of rotatable bonds is 7. The summed E-state index contributed by atoms with van der Waals surface area (Å²) in [5, 5.41) is 3.39. The van der Waals surface area contributed by atoms with Crippen LogP contribution < -0.4 is 14.8 Å². The zero-order valence-corrected chi connectivity index (χ0v) is 18.8. The Balaban J connectivity index is 1.65. The molecule has 0 bridgehead atoms. The normalized spacial score (nSPS) is 11.1. The lowest BCUT2D eigenvalue weighted by Crippen LogP contribution is -2.28. The van der Waals surface area contributed by atoms with Crippen LogP contribution in [0, 0.1) is 13.8 Å². The molecule has 10 heteroatoms. The Morgan fingerprint density at radius 2 is 1.68 bits per heavy atom. The van der Waals surface area contributed by atoms with Crippen molar-refractivity contribution in [3.8, 4) is 5.75 Å². The topological polar surface area (TPSA) is 114 Å². The maximum Gasteiger partial charge on any atom is 0.267 e. The summed E-state index contributed by atoms with van der Waals surface area (Å²) in [6, 6.07) is 13.2. The van der Waals surface area contributed by atoms with E-state index in [1.54, 1.807) is 6.92 Å². The largest absolute Gasteiger partial charge is 0.486 e. The second-order valence-electron chi connectivity index (χ2n) is 6.76. The van der Waals surface area contributed by atoms with Gasteiger partial charge in [-0.15, -0.1) is 11.3 Å². The molecule has 2 amide bonds. The molecule has 8 nitrogen and oxygen atoms in total. The lowest BCUT2D eigenvalue weighted by Gasteiger charge is -2.07. The van der Waals surface area contributed by atoms with Crippen molar-refractivity contribution in [3.63, 3.8) is 0 Å². The predicted octanol–water partition coefficient (Wildman–Crippen LogP) is 3.42. The van der Waals surface area contributed by atoms with E-state index in [0.717, 1.165) is 18.2 Å². The molecule has 0 spiro atoms. The molecular weight excluding hydrogens is 438 g/mol. The van der Waals surface area contributed by atoms with Gasteiger partial charge in [0.05, 0.1) is 10.6 Å². The van der Waals surface area contributed by atoms with Crippen LogP contribution in [0.4, 0.5) is 5.69 Å². The van der Waals surface area contributed by atoms with Crippen molar-refractivity contribution in [2.75, 3.05) is 5.32 Å². The molecule has 162 valence electrons. The summed E-state index contributed by atoms with van der Waals surface area (Å²) in [5.74, 6) is -0.312. The number of ether oxygens (including phenoxy) is 1. The van der Waals surface area contributed by atoms with Crippen LogP contribution in [0.2, 0.25) is 0 Å². The second-order valence-corrected chi connectivity index (χ2v) is 9.53. The fourth-order valence-electron chi connectivity index (χ4n) is 2.66. The number of anilines is 1.